The summed E-state index contributed by atoms with van der Waals surface area (Å²) in [5.41, 5.74) is 3.34. The zero-order valence-corrected chi connectivity index (χ0v) is 12.3. The second-order valence-corrected chi connectivity index (χ2v) is 6.00. The van der Waals surface area contributed by atoms with Gasteiger partial charge in [-0.3, -0.25) is 4.90 Å². The molecule has 3 nitrogen and oxygen atoms in total. The molecule has 1 aliphatic rings. The SMILES string of the molecule is Cc1cc(C)cc(CN(C)CC2(O)CCOCC2)c1. The summed E-state index contributed by atoms with van der Waals surface area (Å²) < 4.78 is 5.32. The molecular formula is C16H25NO2. The number of benzene rings is 1. The van der Waals surface area contributed by atoms with Crippen LogP contribution in [-0.2, 0) is 11.3 Å². The number of nitrogens with zero attached hydrogens (tertiary/aromatic N) is 1. The molecule has 106 valence electrons. The summed E-state index contributed by atoms with van der Waals surface area (Å²) in [6.07, 6.45) is 1.48. The van der Waals surface area contributed by atoms with E-state index < -0.39 is 5.60 Å². The lowest BCUT2D eigenvalue weighted by molar-refractivity contribution is -0.0777. The molecule has 1 saturated heterocycles. The van der Waals surface area contributed by atoms with Crippen LogP contribution in [0.5, 0.6) is 0 Å². The summed E-state index contributed by atoms with van der Waals surface area (Å²) in [5.74, 6) is 0. The number of rotatable bonds is 4. The molecule has 0 saturated carbocycles. The van der Waals surface area contributed by atoms with Crippen molar-refractivity contribution >= 4 is 0 Å². The van der Waals surface area contributed by atoms with Crippen LogP contribution in [0.4, 0.5) is 0 Å². The standard InChI is InChI=1S/C16H25NO2/c1-13-8-14(2)10-15(9-13)11-17(3)12-16(18)4-6-19-7-5-16/h8-10,18H,4-7,11-12H2,1-3H3. The van der Waals surface area contributed by atoms with E-state index in [4.69, 9.17) is 4.74 Å². The van der Waals surface area contributed by atoms with Crippen LogP contribution in [0.25, 0.3) is 0 Å². The first-order valence-corrected chi connectivity index (χ1v) is 7.03. The number of ether oxygens (including phenoxy) is 1. The molecule has 0 atom stereocenters. The van der Waals surface area contributed by atoms with Crippen molar-refractivity contribution in [1.82, 2.24) is 4.90 Å². The zero-order chi connectivity index (χ0) is 13.9. The smallest absolute Gasteiger partial charge is 0.0817 e. The Bertz CT molecular complexity index is 405. The second kappa shape index (κ2) is 6.04. The number of likely N-dealkylation sites (N-methyl/N-ethyl adjacent to an activating group) is 1. The van der Waals surface area contributed by atoms with E-state index in [9.17, 15) is 5.11 Å². The van der Waals surface area contributed by atoms with Crippen molar-refractivity contribution in [2.75, 3.05) is 26.8 Å². The van der Waals surface area contributed by atoms with E-state index in [1.165, 1.54) is 16.7 Å². The summed E-state index contributed by atoms with van der Waals surface area (Å²) in [7, 11) is 2.07. The third kappa shape index (κ3) is 4.30. The van der Waals surface area contributed by atoms with Gasteiger partial charge in [0.15, 0.2) is 0 Å². The van der Waals surface area contributed by atoms with E-state index >= 15 is 0 Å². The van der Waals surface area contributed by atoms with Crippen LogP contribution in [-0.4, -0.2) is 42.4 Å². The van der Waals surface area contributed by atoms with Crippen molar-refractivity contribution in [3.63, 3.8) is 0 Å². The van der Waals surface area contributed by atoms with Crippen LogP contribution in [0.3, 0.4) is 0 Å². The van der Waals surface area contributed by atoms with Gasteiger partial charge in [0.2, 0.25) is 0 Å². The lowest BCUT2D eigenvalue weighted by Crippen LogP contribution is -2.45. The van der Waals surface area contributed by atoms with Gasteiger partial charge in [0.25, 0.3) is 0 Å². The lowest BCUT2D eigenvalue weighted by Gasteiger charge is -2.35. The molecule has 0 unspecified atom stereocenters. The highest BCUT2D eigenvalue weighted by Crippen LogP contribution is 2.22. The van der Waals surface area contributed by atoms with Gasteiger partial charge in [-0.25, -0.2) is 0 Å². The third-order valence-corrected chi connectivity index (χ3v) is 3.72. The minimum absolute atomic E-state index is 0.578. The van der Waals surface area contributed by atoms with E-state index in [1.54, 1.807) is 0 Å². The zero-order valence-electron chi connectivity index (χ0n) is 12.3. The highest BCUT2D eigenvalue weighted by Gasteiger charge is 2.30. The molecule has 0 radical (unpaired) electrons. The molecule has 1 fully saturated rings. The summed E-state index contributed by atoms with van der Waals surface area (Å²) in [5, 5.41) is 10.5. The molecule has 3 heteroatoms. The summed E-state index contributed by atoms with van der Waals surface area (Å²) in [4.78, 5) is 2.21. The molecule has 0 aliphatic carbocycles. The molecule has 0 amide bonds. The van der Waals surface area contributed by atoms with Gasteiger partial charge in [0.1, 0.15) is 0 Å². The predicted molar refractivity (Wildman–Crippen MR) is 77.3 cm³/mol. The summed E-state index contributed by atoms with van der Waals surface area (Å²) >= 11 is 0. The van der Waals surface area contributed by atoms with Gasteiger partial charge in [0, 0.05) is 39.1 Å². The van der Waals surface area contributed by atoms with Gasteiger partial charge >= 0.3 is 0 Å². The quantitative estimate of drug-likeness (QED) is 0.904. The Hall–Kier alpha value is -0.900. The van der Waals surface area contributed by atoms with Crippen LogP contribution >= 0.6 is 0 Å². The van der Waals surface area contributed by atoms with Crippen LogP contribution in [0.1, 0.15) is 29.5 Å². The summed E-state index contributed by atoms with van der Waals surface area (Å²) in [6.45, 7) is 7.20. The fraction of sp³-hybridized carbons (Fsp3) is 0.625. The average Bonchev–Trinajstić information content (AvgIpc) is 2.27. The average molecular weight is 263 g/mol. The molecule has 0 bridgehead atoms. The molecule has 19 heavy (non-hydrogen) atoms. The minimum atomic E-state index is -0.578. The normalized spacial score (nSPS) is 18.8. The van der Waals surface area contributed by atoms with Crippen molar-refractivity contribution in [1.29, 1.82) is 0 Å². The number of hydrogen-bond donors (Lipinski definition) is 1. The maximum atomic E-state index is 10.5. The van der Waals surface area contributed by atoms with Crippen LogP contribution in [0, 0.1) is 13.8 Å². The molecule has 0 aromatic heterocycles. The van der Waals surface area contributed by atoms with E-state index in [0.717, 1.165) is 19.4 Å². The molecule has 1 heterocycles. The van der Waals surface area contributed by atoms with Gasteiger partial charge in [-0.15, -0.1) is 0 Å². The number of hydrogen-bond acceptors (Lipinski definition) is 3. The maximum Gasteiger partial charge on any atom is 0.0817 e. The highest BCUT2D eigenvalue weighted by atomic mass is 16.5. The Kier molecular flexibility index (Phi) is 4.61. The summed E-state index contributed by atoms with van der Waals surface area (Å²) in [6, 6.07) is 6.63. The van der Waals surface area contributed by atoms with Gasteiger partial charge in [0.05, 0.1) is 5.60 Å². The Morgan fingerprint density at radius 3 is 2.32 bits per heavy atom. The monoisotopic (exact) mass is 263 g/mol. The van der Waals surface area contributed by atoms with Gasteiger partial charge in [-0.1, -0.05) is 29.3 Å². The molecule has 2 rings (SSSR count). The Morgan fingerprint density at radius 1 is 1.16 bits per heavy atom. The van der Waals surface area contributed by atoms with Crippen LogP contribution < -0.4 is 0 Å². The Labute approximate surface area is 116 Å². The van der Waals surface area contributed by atoms with Crippen molar-refractivity contribution in [2.45, 2.75) is 38.8 Å². The Morgan fingerprint density at radius 2 is 1.74 bits per heavy atom. The molecule has 0 spiro atoms. The van der Waals surface area contributed by atoms with E-state index in [0.29, 0.717) is 19.8 Å². The largest absolute Gasteiger partial charge is 0.388 e. The fourth-order valence-electron chi connectivity index (χ4n) is 2.94. The Balaban J connectivity index is 1.94. The first-order chi connectivity index (χ1) is 8.97. The number of aryl methyl sites for hydroxylation is 2. The topological polar surface area (TPSA) is 32.7 Å². The van der Waals surface area contributed by atoms with Crippen LogP contribution in [0.15, 0.2) is 18.2 Å². The van der Waals surface area contributed by atoms with Gasteiger partial charge in [-0.05, 0) is 26.5 Å². The lowest BCUT2D eigenvalue weighted by atomic mass is 9.93. The molecular weight excluding hydrogens is 238 g/mol. The van der Waals surface area contributed by atoms with E-state index in [-0.39, 0.29) is 0 Å². The second-order valence-electron chi connectivity index (χ2n) is 6.00. The van der Waals surface area contributed by atoms with E-state index in [1.807, 2.05) is 0 Å². The molecule has 1 aromatic rings. The van der Waals surface area contributed by atoms with Crippen molar-refractivity contribution in [3.05, 3.63) is 34.9 Å². The van der Waals surface area contributed by atoms with Gasteiger partial charge in [-0.2, -0.15) is 0 Å². The van der Waals surface area contributed by atoms with Crippen molar-refractivity contribution in [3.8, 4) is 0 Å². The number of aliphatic hydroxyl groups is 1. The third-order valence-electron chi connectivity index (χ3n) is 3.72. The first-order valence-electron chi connectivity index (χ1n) is 7.03. The predicted octanol–water partition coefficient (Wildman–Crippen LogP) is 2.28. The van der Waals surface area contributed by atoms with E-state index in [2.05, 4.69) is 44.0 Å². The fourth-order valence-corrected chi connectivity index (χ4v) is 2.94. The van der Waals surface area contributed by atoms with Crippen molar-refractivity contribution in [2.24, 2.45) is 0 Å². The van der Waals surface area contributed by atoms with Crippen LogP contribution in [0.2, 0.25) is 0 Å². The molecule has 1 aromatic carbocycles. The first kappa shape index (κ1) is 14.5. The van der Waals surface area contributed by atoms with Gasteiger partial charge < -0.3 is 9.84 Å². The van der Waals surface area contributed by atoms with Crippen molar-refractivity contribution < 1.29 is 9.84 Å². The maximum absolute atomic E-state index is 10.5. The minimum Gasteiger partial charge on any atom is -0.388 e. The highest BCUT2D eigenvalue weighted by molar-refractivity contribution is 5.28. The molecule has 1 N–H and O–H groups in total. The molecule has 1 aliphatic heterocycles.